The lowest BCUT2D eigenvalue weighted by Crippen LogP contribution is -2.55. The molecule has 11 nitrogen and oxygen atoms in total. The zero-order valence-corrected chi connectivity index (χ0v) is 27.7. The van der Waals surface area contributed by atoms with E-state index in [1.165, 1.54) is 17.4 Å². The molecule has 8 rings (SSSR count). The van der Waals surface area contributed by atoms with E-state index in [0.717, 1.165) is 32.5 Å². The molecule has 2 aromatic heterocycles. The molecule has 4 aromatic rings. The summed E-state index contributed by atoms with van der Waals surface area (Å²) in [5, 5.41) is 21.1. The second kappa shape index (κ2) is 12.3. The number of benzene rings is 2. The van der Waals surface area contributed by atoms with Crippen molar-refractivity contribution in [1.29, 1.82) is 5.26 Å². The molecule has 4 aliphatic rings. The van der Waals surface area contributed by atoms with Crippen molar-refractivity contribution in [3.63, 3.8) is 0 Å². The van der Waals surface area contributed by atoms with E-state index in [1.807, 2.05) is 7.05 Å². The highest BCUT2D eigenvalue weighted by Crippen LogP contribution is 2.49. The van der Waals surface area contributed by atoms with Crippen molar-refractivity contribution >= 4 is 43.1 Å². The molecule has 0 amide bonds. The third kappa shape index (κ3) is 5.24. The number of nitrogen functional groups attached to an aromatic ring is 1. The van der Waals surface area contributed by atoms with Crippen LogP contribution in [0.25, 0.3) is 32.1 Å². The summed E-state index contributed by atoms with van der Waals surface area (Å²) in [7, 11) is 2.02. The Morgan fingerprint density at radius 2 is 1.90 bits per heavy atom. The van der Waals surface area contributed by atoms with Crippen molar-refractivity contribution in [2.75, 3.05) is 63.6 Å². The molecule has 0 saturated carbocycles. The average Bonchev–Trinajstić information content (AvgIpc) is 3.73. The third-order valence-corrected chi connectivity index (χ3v) is 11.0. The second-order valence-corrected chi connectivity index (χ2v) is 14.5. The highest BCUT2D eigenvalue weighted by Gasteiger charge is 2.43. The number of fused-ring (bicyclic) bond motifs is 6. The minimum absolute atomic E-state index is 0.0138. The number of likely N-dealkylation sites (tertiary alicyclic amines) is 1. The highest BCUT2D eigenvalue weighted by molar-refractivity contribution is 7.23. The van der Waals surface area contributed by atoms with Crippen LogP contribution >= 0.6 is 11.3 Å². The van der Waals surface area contributed by atoms with Gasteiger partial charge in [0.1, 0.15) is 40.9 Å². The van der Waals surface area contributed by atoms with Crippen LogP contribution in [0.4, 0.5) is 19.6 Å². The van der Waals surface area contributed by atoms with Crippen LogP contribution in [-0.4, -0.2) is 102 Å². The van der Waals surface area contributed by atoms with Crippen LogP contribution in [0.1, 0.15) is 36.5 Å². The SMILES string of the molecule is C[C@@H](O)CN1CC2CCC(C1)N2c1nc(OC[C@H]2CN(C)CCO2)nc2c(F)c(-c3c(F)ccc4sc(N)c(C#N)c34)c3c(c12)COC3. The van der Waals surface area contributed by atoms with E-state index < -0.39 is 17.7 Å². The van der Waals surface area contributed by atoms with Crippen molar-refractivity contribution in [2.45, 2.75) is 57.3 Å². The van der Waals surface area contributed by atoms with Crippen LogP contribution in [0.15, 0.2) is 12.1 Å². The first kappa shape index (κ1) is 31.6. The molecule has 3 N–H and O–H groups in total. The van der Waals surface area contributed by atoms with Gasteiger partial charge >= 0.3 is 6.01 Å². The fourth-order valence-corrected chi connectivity index (χ4v) is 8.97. The van der Waals surface area contributed by atoms with Gasteiger partial charge in [-0.1, -0.05) is 0 Å². The number of ether oxygens (including phenoxy) is 3. The summed E-state index contributed by atoms with van der Waals surface area (Å²) in [5.41, 5.74) is 7.52. The van der Waals surface area contributed by atoms with Crippen LogP contribution < -0.4 is 15.4 Å². The third-order valence-electron chi connectivity index (χ3n) is 10.0. The van der Waals surface area contributed by atoms with Gasteiger partial charge in [0.05, 0.1) is 36.9 Å². The van der Waals surface area contributed by atoms with Gasteiger partial charge in [0.25, 0.3) is 0 Å². The van der Waals surface area contributed by atoms with E-state index in [-0.39, 0.29) is 76.6 Å². The fraction of sp³-hybridized carbons (Fsp3) is 0.500. The van der Waals surface area contributed by atoms with Crippen molar-refractivity contribution in [2.24, 2.45) is 0 Å². The number of rotatable bonds is 7. The van der Waals surface area contributed by atoms with E-state index in [4.69, 9.17) is 24.9 Å². The van der Waals surface area contributed by atoms with Gasteiger partial charge in [-0.2, -0.15) is 15.2 Å². The molecule has 0 aliphatic carbocycles. The molecule has 0 spiro atoms. The number of likely N-dealkylation sites (N-methyl/N-ethyl adjacent to an activating group) is 1. The van der Waals surface area contributed by atoms with Gasteiger partial charge in [0.2, 0.25) is 0 Å². The van der Waals surface area contributed by atoms with E-state index in [9.17, 15) is 10.4 Å². The lowest BCUT2D eigenvalue weighted by Gasteiger charge is -2.42. The van der Waals surface area contributed by atoms with Crippen LogP contribution in [0.2, 0.25) is 0 Å². The summed E-state index contributed by atoms with van der Waals surface area (Å²) in [6, 6.07) is 5.14. The predicted molar refractivity (Wildman–Crippen MR) is 178 cm³/mol. The molecule has 4 atom stereocenters. The van der Waals surface area contributed by atoms with E-state index >= 15 is 8.78 Å². The lowest BCUT2D eigenvalue weighted by molar-refractivity contribution is -0.0416. The molecule has 6 heterocycles. The first-order chi connectivity index (χ1) is 23.2. The molecule has 14 heteroatoms. The number of thiophene rings is 1. The van der Waals surface area contributed by atoms with Crippen molar-refractivity contribution in [1.82, 2.24) is 19.8 Å². The van der Waals surface area contributed by atoms with Crippen LogP contribution in [0.5, 0.6) is 6.01 Å². The molecule has 3 fully saturated rings. The quantitative estimate of drug-likeness (QED) is 0.294. The lowest BCUT2D eigenvalue weighted by atomic mass is 9.90. The number of aliphatic hydroxyl groups excluding tert-OH is 1. The standard InChI is InChI=1S/C34H37F2N7O4S/c1-17(44)10-42-11-18-3-4-19(12-42)43(18)33-28-23-16-45-15-22(23)27(29-24(35)5-6-25-26(29)21(9-37)32(38)48-25)30(36)31(28)39-34(40-33)47-14-20-13-41(2)7-8-46-20/h5-6,17-20,44H,3-4,7-8,10-16,38H2,1-2H3/t17-,18?,19?,20-/m1/s1. The monoisotopic (exact) mass is 677 g/mol. The molecule has 252 valence electrons. The summed E-state index contributed by atoms with van der Waals surface area (Å²) in [6.45, 7) is 6.32. The maximum atomic E-state index is 17.4. The molecule has 48 heavy (non-hydrogen) atoms. The summed E-state index contributed by atoms with van der Waals surface area (Å²) in [4.78, 5) is 16.3. The fourth-order valence-electron chi connectivity index (χ4n) is 8.04. The number of aromatic nitrogens is 2. The number of nitrogens with zero attached hydrogens (tertiary/aromatic N) is 6. The Kier molecular flexibility index (Phi) is 8.09. The molecule has 0 radical (unpaired) electrons. The zero-order valence-electron chi connectivity index (χ0n) is 26.8. The molecule has 2 bridgehead atoms. The number of hydrogen-bond acceptors (Lipinski definition) is 12. The maximum Gasteiger partial charge on any atom is 0.319 e. The van der Waals surface area contributed by atoms with Crippen molar-refractivity contribution in [3.05, 3.63) is 40.5 Å². The van der Waals surface area contributed by atoms with E-state index in [1.54, 1.807) is 13.0 Å². The van der Waals surface area contributed by atoms with Gasteiger partial charge in [0, 0.05) is 66.0 Å². The maximum absolute atomic E-state index is 17.4. The Hall–Kier alpha value is -3.71. The molecule has 3 saturated heterocycles. The summed E-state index contributed by atoms with van der Waals surface area (Å²) >= 11 is 1.17. The number of morpholine rings is 1. The number of aliphatic hydroxyl groups is 1. The van der Waals surface area contributed by atoms with Gasteiger partial charge in [-0.3, -0.25) is 4.90 Å². The molecular formula is C34H37F2N7O4S. The number of β-amino-alcohol motifs (C(OH)–C–C–N with tert-alkyl or cyclic N) is 1. The Bertz CT molecular complexity index is 1950. The highest BCUT2D eigenvalue weighted by atomic mass is 32.1. The molecular weight excluding hydrogens is 640 g/mol. The minimum Gasteiger partial charge on any atom is -0.461 e. The van der Waals surface area contributed by atoms with Gasteiger partial charge in [0.15, 0.2) is 5.82 Å². The van der Waals surface area contributed by atoms with Gasteiger partial charge in [-0.25, -0.2) is 8.78 Å². The Labute approximate surface area is 280 Å². The number of hydrogen-bond donors (Lipinski definition) is 2. The normalized spacial score (nSPS) is 23.6. The van der Waals surface area contributed by atoms with Crippen molar-refractivity contribution < 1.29 is 28.1 Å². The average molecular weight is 678 g/mol. The molecule has 2 aromatic carbocycles. The first-order valence-corrected chi connectivity index (χ1v) is 17.2. The van der Waals surface area contributed by atoms with Crippen LogP contribution in [0, 0.1) is 23.0 Å². The van der Waals surface area contributed by atoms with Crippen LogP contribution in [-0.2, 0) is 22.7 Å². The van der Waals surface area contributed by atoms with Gasteiger partial charge in [-0.05, 0) is 50.1 Å². The Morgan fingerprint density at radius 3 is 2.62 bits per heavy atom. The first-order valence-electron chi connectivity index (χ1n) is 16.4. The second-order valence-electron chi connectivity index (χ2n) is 13.4. The van der Waals surface area contributed by atoms with Gasteiger partial charge in [-0.15, -0.1) is 11.3 Å². The van der Waals surface area contributed by atoms with Crippen LogP contribution in [0.3, 0.4) is 0 Å². The van der Waals surface area contributed by atoms with E-state index in [2.05, 4.69) is 25.8 Å². The predicted octanol–water partition coefficient (Wildman–Crippen LogP) is 4.02. The number of nitrogens with two attached hydrogens (primary N) is 1. The Morgan fingerprint density at radius 1 is 1.12 bits per heavy atom. The Balaban J connectivity index is 1.33. The zero-order chi connectivity index (χ0) is 33.3. The number of piperazine rings is 1. The topological polar surface area (TPSA) is 133 Å². The largest absolute Gasteiger partial charge is 0.461 e. The molecule has 4 aliphatic heterocycles. The van der Waals surface area contributed by atoms with Gasteiger partial charge < -0.3 is 34.9 Å². The summed E-state index contributed by atoms with van der Waals surface area (Å²) < 4.78 is 52.0. The minimum atomic E-state index is -0.725. The molecule has 2 unspecified atom stereocenters. The van der Waals surface area contributed by atoms with Crippen molar-refractivity contribution in [3.8, 4) is 23.2 Å². The summed E-state index contributed by atoms with van der Waals surface area (Å²) in [6.07, 6.45) is 1.19. The smallest absolute Gasteiger partial charge is 0.319 e. The summed E-state index contributed by atoms with van der Waals surface area (Å²) in [5.74, 6) is -0.818. The van der Waals surface area contributed by atoms with E-state index in [0.29, 0.717) is 46.7 Å². The number of halogens is 2. The number of nitriles is 1. The number of anilines is 2.